The Labute approximate surface area is 147 Å². The summed E-state index contributed by atoms with van der Waals surface area (Å²) in [6.07, 6.45) is 0.188. The molecule has 7 heteroatoms. The van der Waals surface area contributed by atoms with Crippen molar-refractivity contribution >= 4 is 11.7 Å². The average molecular weight is 348 g/mol. The van der Waals surface area contributed by atoms with Crippen molar-refractivity contribution in [3.05, 3.63) is 23.8 Å². The number of Topliss-reactive ketones (excluding diaryl/α,β-unsaturated/α-hetero) is 1. The van der Waals surface area contributed by atoms with Gasteiger partial charge in [0.1, 0.15) is 6.10 Å². The first-order valence-electron chi connectivity index (χ1n) is 7.97. The number of ketones is 1. The Morgan fingerprint density at radius 1 is 1.20 bits per heavy atom. The number of carbonyl (C=O) groups is 2. The van der Waals surface area contributed by atoms with E-state index >= 15 is 0 Å². The molecule has 1 rings (SSSR count). The van der Waals surface area contributed by atoms with E-state index in [-0.39, 0.29) is 0 Å². The highest BCUT2D eigenvalue weighted by Crippen LogP contribution is 2.27. The number of rotatable bonds is 10. The minimum atomic E-state index is -1.37. The number of methoxy groups -OCH3 is 3. The van der Waals surface area contributed by atoms with Gasteiger partial charge in [-0.15, -0.1) is 0 Å². The second kappa shape index (κ2) is 10.3. The maximum atomic E-state index is 12.1. The molecule has 1 aromatic carbocycles. The van der Waals surface area contributed by atoms with Gasteiger partial charge < -0.3 is 19.5 Å². The Bertz CT molecular complexity index is 635. The van der Waals surface area contributed by atoms with Crippen LogP contribution in [0.3, 0.4) is 0 Å². The summed E-state index contributed by atoms with van der Waals surface area (Å²) in [6, 6.07) is 7.21. The van der Waals surface area contributed by atoms with E-state index in [1.165, 1.54) is 7.11 Å². The van der Waals surface area contributed by atoms with Gasteiger partial charge in [-0.25, -0.2) is 0 Å². The molecule has 0 aliphatic heterocycles. The van der Waals surface area contributed by atoms with Crippen LogP contribution in [0.15, 0.2) is 18.2 Å². The number of nitrogens with one attached hydrogen (secondary N) is 1. The highest BCUT2D eigenvalue weighted by molar-refractivity contribution is 6.05. The summed E-state index contributed by atoms with van der Waals surface area (Å²) in [6.45, 7) is 2.05. The minimum absolute atomic E-state index is 0.295. The Morgan fingerprint density at radius 2 is 1.88 bits per heavy atom. The van der Waals surface area contributed by atoms with E-state index in [2.05, 4.69) is 5.32 Å². The summed E-state index contributed by atoms with van der Waals surface area (Å²) in [5.41, 5.74) is 0.932. The van der Waals surface area contributed by atoms with Gasteiger partial charge in [0, 0.05) is 13.7 Å². The molecular formula is C18H24N2O5. The molecule has 0 heterocycles. The Hall–Kier alpha value is -2.59. The van der Waals surface area contributed by atoms with Crippen molar-refractivity contribution in [2.45, 2.75) is 25.9 Å². The highest BCUT2D eigenvalue weighted by atomic mass is 16.5. The monoisotopic (exact) mass is 348 g/mol. The molecule has 0 aromatic heterocycles. The number of nitriles is 1. The van der Waals surface area contributed by atoms with Crippen LogP contribution in [0.4, 0.5) is 0 Å². The topological polar surface area (TPSA) is 97.7 Å². The summed E-state index contributed by atoms with van der Waals surface area (Å²) in [7, 11) is 4.49. The lowest BCUT2D eigenvalue weighted by Gasteiger charge is -2.15. The van der Waals surface area contributed by atoms with Crippen LogP contribution in [0.5, 0.6) is 11.5 Å². The van der Waals surface area contributed by atoms with Gasteiger partial charge in [0.15, 0.2) is 23.2 Å². The fourth-order valence-electron chi connectivity index (χ4n) is 2.39. The standard InChI is InChI=1S/C18H24N2O5/c1-5-14(23-2)17(21)13(11-19)18(22)20-9-8-12-6-7-15(24-3)16(10-12)25-4/h6-7,10,13-14H,5,8-9H2,1-4H3,(H,20,22)/t13-,14-/m1/s1. The fourth-order valence-corrected chi connectivity index (χ4v) is 2.39. The zero-order valence-corrected chi connectivity index (χ0v) is 15.0. The smallest absolute Gasteiger partial charge is 0.245 e. The molecule has 0 unspecified atom stereocenters. The number of amides is 1. The van der Waals surface area contributed by atoms with Crippen molar-refractivity contribution in [1.29, 1.82) is 5.26 Å². The van der Waals surface area contributed by atoms with Crippen molar-refractivity contribution in [2.24, 2.45) is 5.92 Å². The zero-order valence-electron chi connectivity index (χ0n) is 15.0. The molecular weight excluding hydrogens is 324 g/mol. The molecule has 0 saturated heterocycles. The van der Waals surface area contributed by atoms with Gasteiger partial charge in [0.25, 0.3) is 0 Å². The third-order valence-corrected chi connectivity index (χ3v) is 3.81. The van der Waals surface area contributed by atoms with Crippen molar-refractivity contribution in [2.75, 3.05) is 27.9 Å². The van der Waals surface area contributed by atoms with Gasteiger partial charge >= 0.3 is 0 Å². The molecule has 1 N–H and O–H groups in total. The van der Waals surface area contributed by atoms with E-state index < -0.39 is 23.7 Å². The summed E-state index contributed by atoms with van der Waals surface area (Å²) < 4.78 is 15.4. The Kier molecular flexibility index (Phi) is 8.44. The molecule has 0 saturated carbocycles. The van der Waals surface area contributed by atoms with E-state index in [0.29, 0.717) is 30.9 Å². The number of carbonyl (C=O) groups excluding carboxylic acids is 2. The van der Waals surface area contributed by atoms with E-state index in [1.54, 1.807) is 33.3 Å². The Morgan fingerprint density at radius 3 is 2.40 bits per heavy atom. The first-order valence-corrected chi connectivity index (χ1v) is 7.97. The molecule has 0 bridgehead atoms. The molecule has 0 fully saturated rings. The summed E-state index contributed by atoms with van der Waals surface area (Å²) in [4.78, 5) is 24.2. The van der Waals surface area contributed by atoms with E-state index in [9.17, 15) is 9.59 Å². The lowest BCUT2D eigenvalue weighted by Crippen LogP contribution is -2.40. The molecule has 0 radical (unpaired) electrons. The second-order valence-electron chi connectivity index (χ2n) is 5.33. The van der Waals surface area contributed by atoms with Crippen LogP contribution in [-0.2, 0) is 20.7 Å². The van der Waals surface area contributed by atoms with Gasteiger partial charge in [-0.2, -0.15) is 5.26 Å². The lowest BCUT2D eigenvalue weighted by molar-refractivity contribution is -0.137. The maximum absolute atomic E-state index is 12.1. The quantitative estimate of drug-likeness (QED) is 0.644. The van der Waals surface area contributed by atoms with Crippen molar-refractivity contribution in [3.63, 3.8) is 0 Å². The summed E-state index contributed by atoms with van der Waals surface area (Å²) in [5, 5.41) is 11.8. The normalized spacial score (nSPS) is 12.6. The average Bonchev–Trinajstić information content (AvgIpc) is 2.63. The van der Waals surface area contributed by atoms with Crippen LogP contribution in [0.2, 0.25) is 0 Å². The largest absolute Gasteiger partial charge is 0.493 e. The van der Waals surface area contributed by atoms with Crippen LogP contribution >= 0.6 is 0 Å². The van der Waals surface area contributed by atoms with Crippen LogP contribution in [-0.4, -0.2) is 45.7 Å². The zero-order chi connectivity index (χ0) is 18.8. The molecule has 2 atom stereocenters. The van der Waals surface area contributed by atoms with Crippen LogP contribution < -0.4 is 14.8 Å². The minimum Gasteiger partial charge on any atom is -0.493 e. The third-order valence-electron chi connectivity index (χ3n) is 3.81. The Balaban J connectivity index is 2.64. The number of hydrogen-bond acceptors (Lipinski definition) is 6. The van der Waals surface area contributed by atoms with Gasteiger partial charge in [-0.1, -0.05) is 13.0 Å². The molecule has 136 valence electrons. The predicted molar refractivity (Wildman–Crippen MR) is 91.5 cm³/mol. The van der Waals surface area contributed by atoms with Crippen molar-refractivity contribution in [3.8, 4) is 17.6 Å². The van der Waals surface area contributed by atoms with E-state index in [1.807, 2.05) is 12.1 Å². The van der Waals surface area contributed by atoms with E-state index in [0.717, 1.165) is 5.56 Å². The van der Waals surface area contributed by atoms with Gasteiger partial charge in [0.2, 0.25) is 5.91 Å². The fraction of sp³-hybridized carbons (Fsp3) is 0.500. The van der Waals surface area contributed by atoms with Crippen LogP contribution in [0.25, 0.3) is 0 Å². The number of benzene rings is 1. The van der Waals surface area contributed by atoms with E-state index in [4.69, 9.17) is 19.5 Å². The summed E-state index contributed by atoms with van der Waals surface area (Å²) in [5.74, 6) is -1.27. The van der Waals surface area contributed by atoms with Gasteiger partial charge in [-0.05, 0) is 30.5 Å². The first kappa shape index (κ1) is 20.5. The number of ether oxygens (including phenoxy) is 3. The maximum Gasteiger partial charge on any atom is 0.245 e. The molecule has 1 aromatic rings. The van der Waals surface area contributed by atoms with Gasteiger partial charge in [0.05, 0.1) is 20.3 Å². The van der Waals surface area contributed by atoms with Gasteiger partial charge in [-0.3, -0.25) is 9.59 Å². The molecule has 7 nitrogen and oxygen atoms in total. The second-order valence-corrected chi connectivity index (χ2v) is 5.33. The SMILES string of the molecule is CC[C@@H](OC)C(=O)[C@@H](C#N)C(=O)NCCc1ccc(OC)c(OC)c1. The van der Waals surface area contributed by atoms with Crippen LogP contribution in [0, 0.1) is 17.2 Å². The third kappa shape index (κ3) is 5.47. The lowest BCUT2D eigenvalue weighted by atomic mass is 9.98. The predicted octanol–water partition coefficient (Wildman–Crippen LogP) is 1.50. The van der Waals surface area contributed by atoms with Crippen LogP contribution in [0.1, 0.15) is 18.9 Å². The molecule has 1 amide bonds. The van der Waals surface area contributed by atoms with Crippen molar-refractivity contribution < 1.29 is 23.8 Å². The number of nitrogens with zero attached hydrogens (tertiary/aromatic N) is 1. The molecule has 25 heavy (non-hydrogen) atoms. The first-order chi connectivity index (χ1) is 12.0. The number of hydrogen-bond donors (Lipinski definition) is 1. The molecule has 0 spiro atoms. The molecule has 0 aliphatic rings. The van der Waals surface area contributed by atoms with Crippen molar-refractivity contribution in [1.82, 2.24) is 5.32 Å². The summed E-state index contributed by atoms with van der Waals surface area (Å²) >= 11 is 0. The highest BCUT2D eigenvalue weighted by Gasteiger charge is 2.31. The molecule has 0 aliphatic carbocycles.